The summed E-state index contributed by atoms with van der Waals surface area (Å²) in [6.07, 6.45) is 4.09. The molecule has 1 aliphatic rings. The second kappa shape index (κ2) is 6.39. The van der Waals surface area contributed by atoms with Crippen molar-refractivity contribution in [2.75, 3.05) is 0 Å². The Morgan fingerprint density at radius 3 is 2.65 bits per heavy atom. The fourth-order valence-corrected chi connectivity index (χ4v) is 2.55. The van der Waals surface area contributed by atoms with Crippen LogP contribution in [0.25, 0.3) is 0 Å². The predicted molar refractivity (Wildman–Crippen MR) is 71.5 cm³/mol. The lowest BCUT2D eigenvalue weighted by Crippen LogP contribution is -2.45. The van der Waals surface area contributed by atoms with E-state index in [1.807, 2.05) is 0 Å². The van der Waals surface area contributed by atoms with Gasteiger partial charge >= 0.3 is 0 Å². The van der Waals surface area contributed by atoms with Crippen LogP contribution < -0.4 is 11.1 Å². The van der Waals surface area contributed by atoms with Crippen LogP contribution in [0.3, 0.4) is 0 Å². The number of nitrogens with one attached hydrogen (secondary N) is 1. The molecule has 1 aliphatic carbocycles. The van der Waals surface area contributed by atoms with E-state index < -0.39 is 0 Å². The van der Waals surface area contributed by atoms with Crippen molar-refractivity contribution in [3.05, 3.63) is 0 Å². The summed E-state index contributed by atoms with van der Waals surface area (Å²) >= 11 is 0. The van der Waals surface area contributed by atoms with E-state index in [1.165, 1.54) is 0 Å². The Morgan fingerprint density at radius 1 is 1.41 bits per heavy atom. The van der Waals surface area contributed by atoms with Gasteiger partial charge < -0.3 is 11.1 Å². The van der Waals surface area contributed by atoms with Crippen molar-refractivity contribution in [3.8, 4) is 0 Å². The lowest BCUT2D eigenvalue weighted by atomic mass is 9.77. The molecule has 0 aliphatic heterocycles. The highest BCUT2D eigenvalue weighted by atomic mass is 16.1. The molecule has 0 aromatic heterocycles. The molecule has 3 nitrogen and oxygen atoms in total. The number of hydrogen-bond donors (Lipinski definition) is 2. The van der Waals surface area contributed by atoms with Crippen LogP contribution in [0.15, 0.2) is 0 Å². The van der Waals surface area contributed by atoms with E-state index in [0.717, 1.165) is 25.7 Å². The minimum absolute atomic E-state index is 0.116. The van der Waals surface area contributed by atoms with Gasteiger partial charge in [0, 0.05) is 18.0 Å². The first-order valence-electron chi connectivity index (χ1n) is 7.01. The van der Waals surface area contributed by atoms with Gasteiger partial charge in [-0.15, -0.1) is 0 Å². The predicted octanol–water partition coefficient (Wildman–Crippen LogP) is 2.30. The molecule has 0 aromatic rings. The average molecular weight is 240 g/mol. The standard InChI is InChI=1S/C14H28N2O/c1-5-9(2)11(4)16-14(17)13-8-12(15)7-6-10(13)3/h9-13H,5-8,15H2,1-4H3,(H,16,17). The molecule has 0 saturated heterocycles. The molecule has 0 aromatic carbocycles. The van der Waals surface area contributed by atoms with Crippen LogP contribution in [-0.2, 0) is 4.79 Å². The van der Waals surface area contributed by atoms with E-state index in [1.54, 1.807) is 0 Å². The zero-order valence-electron chi connectivity index (χ0n) is 11.7. The highest BCUT2D eigenvalue weighted by molar-refractivity contribution is 5.79. The molecular formula is C14H28N2O. The molecule has 1 rings (SSSR count). The smallest absolute Gasteiger partial charge is 0.223 e. The first-order valence-corrected chi connectivity index (χ1v) is 7.01. The molecule has 0 bridgehead atoms. The maximum Gasteiger partial charge on any atom is 0.223 e. The van der Waals surface area contributed by atoms with Gasteiger partial charge in [0.25, 0.3) is 0 Å². The third-order valence-electron chi connectivity index (χ3n) is 4.44. The van der Waals surface area contributed by atoms with Crippen LogP contribution in [0.1, 0.15) is 53.4 Å². The van der Waals surface area contributed by atoms with Gasteiger partial charge in [0.1, 0.15) is 0 Å². The number of rotatable bonds is 4. The Bertz CT molecular complexity index is 255. The lowest BCUT2D eigenvalue weighted by Gasteiger charge is -2.33. The van der Waals surface area contributed by atoms with Gasteiger partial charge in [0.15, 0.2) is 0 Å². The Balaban J connectivity index is 2.51. The molecule has 3 heteroatoms. The fourth-order valence-electron chi connectivity index (χ4n) is 2.55. The van der Waals surface area contributed by atoms with Crippen LogP contribution >= 0.6 is 0 Å². The van der Waals surface area contributed by atoms with Crippen LogP contribution in [-0.4, -0.2) is 18.0 Å². The van der Waals surface area contributed by atoms with E-state index in [4.69, 9.17) is 5.73 Å². The number of amides is 1. The summed E-state index contributed by atoms with van der Waals surface area (Å²) in [7, 11) is 0. The lowest BCUT2D eigenvalue weighted by molar-refractivity contribution is -0.128. The average Bonchev–Trinajstić information content (AvgIpc) is 2.30. The third kappa shape index (κ3) is 3.98. The summed E-state index contributed by atoms with van der Waals surface area (Å²) < 4.78 is 0. The summed E-state index contributed by atoms with van der Waals surface area (Å²) in [5.41, 5.74) is 5.96. The SMILES string of the molecule is CCC(C)C(C)NC(=O)C1CC(N)CCC1C. The van der Waals surface area contributed by atoms with Crippen LogP contribution in [0, 0.1) is 17.8 Å². The highest BCUT2D eigenvalue weighted by Crippen LogP contribution is 2.29. The summed E-state index contributed by atoms with van der Waals surface area (Å²) in [5, 5.41) is 3.16. The van der Waals surface area contributed by atoms with Crippen LogP contribution in [0.4, 0.5) is 0 Å². The van der Waals surface area contributed by atoms with E-state index in [0.29, 0.717) is 11.8 Å². The molecule has 1 amide bonds. The molecule has 3 N–H and O–H groups in total. The number of nitrogens with two attached hydrogens (primary N) is 1. The fraction of sp³-hybridized carbons (Fsp3) is 0.929. The minimum Gasteiger partial charge on any atom is -0.353 e. The largest absolute Gasteiger partial charge is 0.353 e. The van der Waals surface area contributed by atoms with Gasteiger partial charge in [0.2, 0.25) is 5.91 Å². The van der Waals surface area contributed by atoms with Crippen LogP contribution in [0.2, 0.25) is 0 Å². The van der Waals surface area contributed by atoms with Crippen LogP contribution in [0.5, 0.6) is 0 Å². The molecule has 17 heavy (non-hydrogen) atoms. The summed E-state index contributed by atoms with van der Waals surface area (Å²) in [4.78, 5) is 12.2. The maximum absolute atomic E-state index is 12.2. The quantitative estimate of drug-likeness (QED) is 0.792. The Kier molecular flexibility index (Phi) is 5.44. The molecule has 0 spiro atoms. The van der Waals surface area contributed by atoms with Crippen molar-refractivity contribution >= 4 is 5.91 Å². The van der Waals surface area contributed by atoms with Crippen molar-refractivity contribution in [2.24, 2.45) is 23.5 Å². The Labute approximate surface area is 106 Å². The number of carbonyl (C=O) groups excluding carboxylic acids is 1. The minimum atomic E-state index is 0.116. The molecular weight excluding hydrogens is 212 g/mol. The van der Waals surface area contributed by atoms with Crippen molar-refractivity contribution in [3.63, 3.8) is 0 Å². The molecule has 5 unspecified atom stereocenters. The molecule has 0 radical (unpaired) electrons. The monoisotopic (exact) mass is 240 g/mol. The van der Waals surface area contributed by atoms with Crippen molar-refractivity contribution in [1.82, 2.24) is 5.32 Å². The van der Waals surface area contributed by atoms with Gasteiger partial charge in [-0.1, -0.05) is 27.2 Å². The summed E-state index contributed by atoms with van der Waals surface area (Å²) in [6, 6.07) is 0.471. The maximum atomic E-state index is 12.2. The van der Waals surface area contributed by atoms with Crippen molar-refractivity contribution < 1.29 is 4.79 Å². The first kappa shape index (κ1) is 14.5. The third-order valence-corrected chi connectivity index (χ3v) is 4.44. The molecule has 0 heterocycles. The van der Waals surface area contributed by atoms with E-state index in [2.05, 4.69) is 33.0 Å². The van der Waals surface area contributed by atoms with E-state index in [-0.39, 0.29) is 23.9 Å². The normalized spacial score (nSPS) is 32.9. The summed E-state index contributed by atoms with van der Waals surface area (Å²) in [6.45, 7) is 8.61. The molecule has 1 saturated carbocycles. The van der Waals surface area contributed by atoms with Gasteiger partial charge in [0.05, 0.1) is 0 Å². The Hall–Kier alpha value is -0.570. The topological polar surface area (TPSA) is 55.1 Å². The first-order chi connectivity index (χ1) is 7.95. The van der Waals surface area contributed by atoms with Crippen molar-refractivity contribution in [2.45, 2.75) is 65.5 Å². The molecule has 100 valence electrons. The molecule has 1 fully saturated rings. The van der Waals surface area contributed by atoms with Gasteiger partial charge in [-0.05, 0) is 38.0 Å². The number of hydrogen-bond acceptors (Lipinski definition) is 2. The zero-order valence-corrected chi connectivity index (χ0v) is 11.7. The van der Waals surface area contributed by atoms with E-state index >= 15 is 0 Å². The van der Waals surface area contributed by atoms with Gasteiger partial charge in [-0.3, -0.25) is 4.79 Å². The van der Waals surface area contributed by atoms with Crippen molar-refractivity contribution in [1.29, 1.82) is 0 Å². The van der Waals surface area contributed by atoms with E-state index in [9.17, 15) is 4.79 Å². The van der Waals surface area contributed by atoms with Gasteiger partial charge in [-0.2, -0.15) is 0 Å². The zero-order chi connectivity index (χ0) is 13.0. The highest BCUT2D eigenvalue weighted by Gasteiger charge is 2.32. The van der Waals surface area contributed by atoms with Gasteiger partial charge in [-0.25, -0.2) is 0 Å². The molecule has 5 atom stereocenters. The second-order valence-corrected chi connectivity index (χ2v) is 5.84. The summed E-state index contributed by atoms with van der Waals surface area (Å²) in [5.74, 6) is 1.33. The Morgan fingerprint density at radius 2 is 2.06 bits per heavy atom. The number of carbonyl (C=O) groups is 1. The second-order valence-electron chi connectivity index (χ2n) is 5.84.